The van der Waals surface area contributed by atoms with E-state index in [1.807, 2.05) is 30.3 Å². The average Bonchev–Trinajstić information content (AvgIpc) is 2.49. The molecule has 0 unspecified atom stereocenters. The average molecular weight is 334 g/mol. The van der Waals surface area contributed by atoms with Crippen LogP contribution in [0.2, 0.25) is 0 Å². The molecule has 0 aliphatic carbocycles. The number of nitrogens with one attached hydrogen (secondary N) is 2. The predicted molar refractivity (Wildman–Crippen MR) is 90.1 cm³/mol. The van der Waals surface area contributed by atoms with E-state index in [0.717, 1.165) is 6.26 Å². The van der Waals surface area contributed by atoms with Crippen LogP contribution in [0.4, 0.5) is 11.4 Å². The van der Waals surface area contributed by atoms with Gasteiger partial charge in [0.05, 0.1) is 30.7 Å². The molecule has 0 aliphatic rings. The summed E-state index contributed by atoms with van der Waals surface area (Å²) in [6.45, 7) is 0.234. The van der Waals surface area contributed by atoms with Crippen molar-refractivity contribution in [2.75, 3.05) is 22.9 Å². The number of hydrogen-bond acceptors (Lipinski definition) is 4. The summed E-state index contributed by atoms with van der Waals surface area (Å²) in [7, 11) is -3.41. The summed E-state index contributed by atoms with van der Waals surface area (Å²) >= 11 is 0. The van der Waals surface area contributed by atoms with Crippen molar-refractivity contribution in [3.05, 3.63) is 54.6 Å². The first kappa shape index (κ1) is 16.8. The second-order valence-electron chi connectivity index (χ2n) is 4.88. The third-order valence-corrected chi connectivity index (χ3v) is 3.43. The molecule has 0 aromatic heterocycles. The van der Waals surface area contributed by atoms with E-state index in [1.165, 1.54) is 0 Å². The molecular formula is C16H18N2O4S. The van der Waals surface area contributed by atoms with Crippen molar-refractivity contribution in [3.63, 3.8) is 0 Å². The van der Waals surface area contributed by atoms with E-state index in [9.17, 15) is 13.2 Å². The van der Waals surface area contributed by atoms with Gasteiger partial charge in [-0.05, 0) is 24.3 Å². The number of carbonyl (C=O) groups is 1. The standard InChI is InChI=1S/C16H18N2O4S/c1-23(20,21)18-15-10-6-5-9-14(15)17-16(19)11-12-22-13-7-3-2-4-8-13/h2-10,18H,11-12H2,1H3,(H,17,19). The fourth-order valence-electron chi connectivity index (χ4n) is 1.87. The van der Waals surface area contributed by atoms with Gasteiger partial charge in [0.2, 0.25) is 15.9 Å². The minimum absolute atomic E-state index is 0.155. The first-order valence-electron chi connectivity index (χ1n) is 6.98. The van der Waals surface area contributed by atoms with Crippen LogP contribution < -0.4 is 14.8 Å². The number of hydrogen-bond donors (Lipinski definition) is 2. The van der Waals surface area contributed by atoms with E-state index in [1.54, 1.807) is 24.3 Å². The van der Waals surface area contributed by atoms with Crippen LogP contribution in [0.15, 0.2) is 54.6 Å². The molecule has 7 heteroatoms. The van der Waals surface area contributed by atoms with Gasteiger partial charge in [0.25, 0.3) is 0 Å². The Morgan fingerprint density at radius 3 is 2.26 bits per heavy atom. The number of sulfonamides is 1. The van der Waals surface area contributed by atoms with Crippen molar-refractivity contribution >= 4 is 27.3 Å². The third kappa shape index (κ3) is 5.99. The maximum Gasteiger partial charge on any atom is 0.229 e. The molecule has 2 N–H and O–H groups in total. The van der Waals surface area contributed by atoms with Crippen LogP contribution in [0.3, 0.4) is 0 Å². The van der Waals surface area contributed by atoms with Gasteiger partial charge in [0.1, 0.15) is 5.75 Å². The van der Waals surface area contributed by atoms with E-state index in [-0.39, 0.29) is 18.9 Å². The van der Waals surface area contributed by atoms with Crippen molar-refractivity contribution in [3.8, 4) is 5.75 Å². The largest absolute Gasteiger partial charge is 0.493 e. The van der Waals surface area contributed by atoms with Crippen molar-refractivity contribution in [2.24, 2.45) is 0 Å². The van der Waals surface area contributed by atoms with Gasteiger partial charge >= 0.3 is 0 Å². The van der Waals surface area contributed by atoms with Gasteiger partial charge in [0.15, 0.2) is 0 Å². The molecule has 0 aliphatic heterocycles. The molecule has 0 heterocycles. The summed E-state index contributed by atoms with van der Waals surface area (Å²) < 4.78 is 30.5. The van der Waals surface area contributed by atoms with Crippen LogP contribution in [0.1, 0.15) is 6.42 Å². The van der Waals surface area contributed by atoms with Crippen LogP contribution in [0.5, 0.6) is 5.75 Å². The molecule has 2 rings (SSSR count). The van der Waals surface area contributed by atoms with Crippen LogP contribution >= 0.6 is 0 Å². The molecule has 23 heavy (non-hydrogen) atoms. The van der Waals surface area contributed by atoms with Crippen LogP contribution in [-0.4, -0.2) is 27.2 Å². The normalized spacial score (nSPS) is 10.8. The molecule has 2 aromatic carbocycles. The SMILES string of the molecule is CS(=O)(=O)Nc1ccccc1NC(=O)CCOc1ccccc1. The lowest BCUT2D eigenvalue weighted by atomic mass is 10.2. The van der Waals surface area contributed by atoms with Crippen molar-refractivity contribution < 1.29 is 17.9 Å². The number of carbonyl (C=O) groups excluding carboxylic acids is 1. The van der Waals surface area contributed by atoms with Crippen LogP contribution in [-0.2, 0) is 14.8 Å². The van der Waals surface area contributed by atoms with Crippen LogP contribution in [0, 0.1) is 0 Å². The lowest BCUT2D eigenvalue weighted by molar-refractivity contribution is -0.116. The van der Waals surface area contributed by atoms with Gasteiger partial charge in [-0.25, -0.2) is 8.42 Å². The summed E-state index contributed by atoms with van der Waals surface area (Å²) in [6.07, 6.45) is 1.21. The van der Waals surface area contributed by atoms with Gasteiger partial charge in [-0.15, -0.1) is 0 Å². The molecular weight excluding hydrogens is 316 g/mol. The number of benzene rings is 2. The molecule has 2 aromatic rings. The fraction of sp³-hybridized carbons (Fsp3) is 0.188. The van der Waals surface area contributed by atoms with Gasteiger partial charge in [-0.1, -0.05) is 30.3 Å². The Hall–Kier alpha value is -2.54. The van der Waals surface area contributed by atoms with E-state index in [4.69, 9.17) is 4.74 Å². The maximum atomic E-state index is 12.0. The van der Waals surface area contributed by atoms with E-state index >= 15 is 0 Å². The Labute approximate surface area is 135 Å². The lowest BCUT2D eigenvalue weighted by Gasteiger charge is -2.12. The number of anilines is 2. The zero-order valence-corrected chi connectivity index (χ0v) is 13.5. The highest BCUT2D eigenvalue weighted by atomic mass is 32.2. The summed E-state index contributed by atoms with van der Waals surface area (Å²) in [5.74, 6) is 0.433. The van der Waals surface area contributed by atoms with Crippen LogP contribution in [0.25, 0.3) is 0 Å². The predicted octanol–water partition coefficient (Wildman–Crippen LogP) is 2.47. The fourth-order valence-corrected chi connectivity index (χ4v) is 2.45. The van der Waals surface area contributed by atoms with E-state index < -0.39 is 10.0 Å². The number of ether oxygens (including phenoxy) is 1. The zero-order valence-electron chi connectivity index (χ0n) is 12.7. The summed E-state index contributed by atoms with van der Waals surface area (Å²) in [5, 5.41) is 2.67. The van der Waals surface area contributed by atoms with Crippen molar-refractivity contribution in [1.29, 1.82) is 0 Å². The highest BCUT2D eigenvalue weighted by Gasteiger charge is 2.10. The summed E-state index contributed by atoms with van der Waals surface area (Å²) in [6, 6.07) is 15.8. The zero-order chi connectivity index (χ0) is 16.7. The second kappa shape index (κ2) is 7.64. The maximum absolute atomic E-state index is 12.0. The summed E-state index contributed by atoms with van der Waals surface area (Å²) in [5.41, 5.74) is 0.731. The number of para-hydroxylation sites is 3. The Morgan fingerprint density at radius 1 is 1.00 bits per heavy atom. The summed E-state index contributed by atoms with van der Waals surface area (Å²) in [4.78, 5) is 12.0. The minimum Gasteiger partial charge on any atom is -0.493 e. The third-order valence-electron chi connectivity index (χ3n) is 2.84. The van der Waals surface area contributed by atoms with Crippen molar-refractivity contribution in [2.45, 2.75) is 6.42 Å². The van der Waals surface area contributed by atoms with E-state index in [2.05, 4.69) is 10.0 Å². The highest BCUT2D eigenvalue weighted by Crippen LogP contribution is 2.22. The second-order valence-corrected chi connectivity index (χ2v) is 6.63. The highest BCUT2D eigenvalue weighted by molar-refractivity contribution is 7.92. The molecule has 0 atom stereocenters. The molecule has 6 nitrogen and oxygen atoms in total. The molecule has 0 saturated heterocycles. The van der Waals surface area contributed by atoms with Gasteiger partial charge in [-0.3, -0.25) is 9.52 Å². The quantitative estimate of drug-likeness (QED) is 0.814. The molecule has 0 saturated carbocycles. The first-order valence-corrected chi connectivity index (χ1v) is 8.88. The van der Waals surface area contributed by atoms with E-state index in [0.29, 0.717) is 17.1 Å². The molecule has 1 amide bonds. The Morgan fingerprint density at radius 2 is 1.61 bits per heavy atom. The number of rotatable bonds is 7. The molecule has 0 radical (unpaired) electrons. The first-order chi connectivity index (χ1) is 10.9. The molecule has 0 fully saturated rings. The lowest BCUT2D eigenvalue weighted by Crippen LogP contribution is -2.17. The minimum atomic E-state index is -3.41. The molecule has 0 bridgehead atoms. The van der Waals surface area contributed by atoms with Crippen molar-refractivity contribution in [1.82, 2.24) is 0 Å². The Balaban J connectivity index is 1.90. The van der Waals surface area contributed by atoms with Gasteiger partial charge in [0, 0.05) is 0 Å². The monoisotopic (exact) mass is 334 g/mol. The molecule has 0 spiro atoms. The number of amides is 1. The van der Waals surface area contributed by atoms with Gasteiger partial charge < -0.3 is 10.1 Å². The Kier molecular flexibility index (Phi) is 5.59. The smallest absolute Gasteiger partial charge is 0.229 e. The topological polar surface area (TPSA) is 84.5 Å². The van der Waals surface area contributed by atoms with Gasteiger partial charge in [-0.2, -0.15) is 0 Å². The Bertz CT molecular complexity index is 761. The molecule has 122 valence electrons.